The highest BCUT2D eigenvalue weighted by Gasteiger charge is 2.42. The highest BCUT2D eigenvalue weighted by atomic mass is 16.5. The second kappa shape index (κ2) is 7.35. The molecule has 1 amide bonds. The number of aromatic nitrogens is 2. The highest BCUT2D eigenvalue weighted by molar-refractivity contribution is 5.92. The fraction of sp³-hybridized carbons (Fsp3) is 0.722. The Morgan fingerprint density at radius 1 is 1.12 bits per heavy atom. The number of hydrogen-bond acceptors (Lipinski definition) is 6. The van der Waals surface area contributed by atoms with E-state index in [1.807, 2.05) is 4.90 Å². The van der Waals surface area contributed by atoms with Crippen molar-refractivity contribution < 1.29 is 14.3 Å². The van der Waals surface area contributed by atoms with Gasteiger partial charge >= 0.3 is 0 Å². The van der Waals surface area contributed by atoms with Crippen LogP contribution in [-0.2, 0) is 9.47 Å². The molecule has 0 aliphatic carbocycles. The number of morpholine rings is 1. The molecule has 3 fully saturated rings. The van der Waals surface area contributed by atoms with Crippen LogP contribution in [0.25, 0.3) is 0 Å². The lowest BCUT2D eigenvalue weighted by molar-refractivity contribution is -0.136. The van der Waals surface area contributed by atoms with Gasteiger partial charge in [0.05, 0.1) is 25.0 Å². The predicted octanol–water partition coefficient (Wildman–Crippen LogP) is 0.963. The standard InChI is InChI=1S/C18H26N4O3/c23-17(16-14-19-4-5-20-16)22-6-2-18(3-7-22)13-15(1-10-25-18)21-8-11-24-12-9-21/h4-5,14-15H,1-3,6-13H2. The number of carbonyl (C=O) groups is 1. The third-order valence-corrected chi connectivity index (χ3v) is 5.77. The van der Waals surface area contributed by atoms with E-state index in [0.717, 1.165) is 71.7 Å². The molecule has 1 atom stereocenters. The summed E-state index contributed by atoms with van der Waals surface area (Å²) in [5.74, 6) is -0.0245. The number of amides is 1. The van der Waals surface area contributed by atoms with E-state index in [0.29, 0.717) is 11.7 Å². The van der Waals surface area contributed by atoms with Gasteiger partial charge in [0, 0.05) is 51.2 Å². The monoisotopic (exact) mass is 346 g/mol. The first kappa shape index (κ1) is 16.9. The minimum atomic E-state index is -0.0691. The lowest BCUT2D eigenvalue weighted by atomic mass is 9.81. The van der Waals surface area contributed by atoms with Crippen molar-refractivity contribution in [1.82, 2.24) is 19.8 Å². The zero-order chi connectivity index (χ0) is 17.1. The first-order valence-corrected chi connectivity index (χ1v) is 9.27. The zero-order valence-electron chi connectivity index (χ0n) is 14.6. The first-order valence-electron chi connectivity index (χ1n) is 9.27. The highest BCUT2D eigenvalue weighted by Crippen LogP contribution is 2.37. The lowest BCUT2D eigenvalue weighted by Crippen LogP contribution is -2.56. The molecular weight excluding hydrogens is 320 g/mol. The molecule has 7 nitrogen and oxygen atoms in total. The van der Waals surface area contributed by atoms with E-state index in [1.54, 1.807) is 12.4 Å². The van der Waals surface area contributed by atoms with E-state index in [-0.39, 0.29) is 11.5 Å². The number of ether oxygens (including phenoxy) is 2. The van der Waals surface area contributed by atoms with Crippen LogP contribution in [0.2, 0.25) is 0 Å². The summed E-state index contributed by atoms with van der Waals surface area (Å²) in [4.78, 5) is 25.1. The van der Waals surface area contributed by atoms with Gasteiger partial charge in [-0.15, -0.1) is 0 Å². The summed E-state index contributed by atoms with van der Waals surface area (Å²) >= 11 is 0. The Labute approximate surface area is 148 Å². The van der Waals surface area contributed by atoms with E-state index in [2.05, 4.69) is 14.9 Å². The number of piperidine rings is 1. The third-order valence-electron chi connectivity index (χ3n) is 5.77. The van der Waals surface area contributed by atoms with Crippen LogP contribution in [0.15, 0.2) is 18.6 Å². The molecule has 0 N–H and O–H groups in total. The molecular formula is C18H26N4O3. The summed E-state index contributed by atoms with van der Waals surface area (Å²) in [6.07, 6.45) is 8.67. The van der Waals surface area contributed by atoms with Crippen LogP contribution in [0, 0.1) is 0 Å². The predicted molar refractivity (Wildman–Crippen MR) is 91.3 cm³/mol. The van der Waals surface area contributed by atoms with Crippen LogP contribution in [0.4, 0.5) is 0 Å². The normalized spacial score (nSPS) is 27.4. The van der Waals surface area contributed by atoms with Gasteiger partial charge in [-0.3, -0.25) is 14.7 Å². The molecule has 1 aromatic rings. The molecule has 0 saturated carbocycles. The smallest absolute Gasteiger partial charge is 0.274 e. The van der Waals surface area contributed by atoms with Gasteiger partial charge in [0.1, 0.15) is 5.69 Å². The molecule has 0 radical (unpaired) electrons. The average molecular weight is 346 g/mol. The van der Waals surface area contributed by atoms with Crippen molar-refractivity contribution in [2.24, 2.45) is 0 Å². The van der Waals surface area contributed by atoms with Crippen molar-refractivity contribution in [3.05, 3.63) is 24.3 Å². The summed E-state index contributed by atoms with van der Waals surface area (Å²) in [7, 11) is 0. The molecule has 0 bridgehead atoms. The third kappa shape index (κ3) is 3.68. The summed E-state index contributed by atoms with van der Waals surface area (Å²) in [6.45, 7) is 6.00. The van der Waals surface area contributed by atoms with Crippen LogP contribution in [0.5, 0.6) is 0 Å². The Kier molecular flexibility index (Phi) is 4.96. The SMILES string of the molecule is O=C(c1cnccn1)N1CCC2(CC1)CC(N1CCOCC1)CCO2. The topological polar surface area (TPSA) is 67.8 Å². The van der Waals surface area contributed by atoms with E-state index in [1.165, 1.54) is 6.20 Å². The van der Waals surface area contributed by atoms with Gasteiger partial charge in [-0.05, 0) is 25.7 Å². The van der Waals surface area contributed by atoms with Crippen LogP contribution >= 0.6 is 0 Å². The summed E-state index contributed by atoms with van der Waals surface area (Å²) in [5.41, 5.74) is 0.356. The summed E-state index contributed by atoms with van der Waals surface area (Å²) in [6, 6.07) is 0.583. The second-order valence-corrected chi connectivity index (χ2v) is 7.21. The van der Waals surface area contributed by atoms with Gasteiger partial charge in [-0.25, -0.2) is 4.98 Å². The van der Waals surface area contributed by atoms with Crippen LogP contribution in [0.1, 0.15) is 36.2 Å². The second-order valence-electron chi connectivity index (χ2n) is 7.21. The molecule has 3 saturated heterocycles. The number of hydrogen-bond donors (Lipinski definition) is 0. The number of likely N-dealkylation sites (tertiary alicyclic amines) is 1. The van der Waals surface area contributed by atoms with Crippen LogP contribution in [0.3, 0.4) is 0 Å². The van der Waals surface area contributed by atoms with E-state index in [4.69, 9.17) is 9.47 Å². The maximum Gasteiger partial charge on any atom is 0.274 e. The van der Waals surface area contributed by atoms with Crippen molar-refractivity contribution in [2.75, 3.05) is 46.0 Å². The maximum atomic E-state index is 12.5. The fourth-order valence-electron chi connectivity index (χ4n) is 4.29. The molecule has 1 unspecified atom stereocenters. The molecule has 3 aliphatic heterocycles. The Morgan fingerprint density at radius 2 is 1.92 bits per heavy atom. The largest absolute Gasteiger partial charge is 0.379 e. The number of nitrogens with zero attached hydrogens (tertiary/aromatic N) is 4. The van der Waals surface area contributed by atoms with Gasteiger partial charge in [0.2, 0.25) is 0 Å². The van der Waals surface area contributed by atoms with Crippen LogP contribution < -0.4 is 0 Å². The molecule has 4 rings (SSSR count). The Balaban J connectivity index is 1.36. The number of carbonyl (C=O) groups excluding carboxylic acids is 1. The summed E-state index contributed by atoms with van der Waals surface area (Å²) in [5, 5.41) is 0. The first-order chi connectivity index (χ1) is 12.3. The zero-order valence-corrected chi connectivity index (χ0v) is 14.6. The van der Waals surface area contributed by atoms with Crippen molar-refractivity contribution in [3.63, 3.8) is 0 Å². The minimum absolute atomic E-state index is 0.0245. The van der Waals surface area contributed by atoms with Gasteiger partial charge in [0.25, 0.3) is 5.91 Å². The lowest BCUT2D eigenvalue weighted by Gasteiger charge is -2.49. The fourth-order valence-corrected chi connectivity index (χ4v) is 4.29. The van der Waals surface area contributed by atoms with Crippen molar-refractivity contribution in [1.29, 1.82) is 0 Å². The molecule has 0 aromatic carbocycles. The molecule has 1 spiro atoms. The van der Waals surface area contributed by atoms with Crippen LogP contribution in [-0.4, -0.2) is 83.3 Å². The molecule has 3 aliphatic rings. The van der Waals surface area contributed by atoms with Crippen molar-refractivity contribution >= 4 is 5.91 Å². The van der Waals surface area contributed by atoms with E-state index >= 15 is 0 Å². The molecule has 1 aromatic heterocycles. The molecule has 25 heavy (non-hydrogen) atoms. The Morgan fingerprint density at radius 3 is 2.64 bits per heavy atom. The van der Waals surface area contributed by atoms with Gasteiger partial charge < -0.3 is 14.4 Å². The molecule has 4 heterocycles. The quantitative estimate of drug-likeness (QED) is 0.795. The average Bonchev–Trinajstić information content (AvgIpc) is 2.69. The van der Waals surface area contributed by atoms with Gasteiger partial charge in [0.15, 0.2) is 0 Å². The van der Waals surface area contributed by atoms with Crippen molar-refractivity contribution in [3.8, 4) is 0 Å². The van der Waals surface area contributed by atoms with E-state index < -0.39 is 0 Å². The van der Waals surface area contributed by atoms with Gasteiger partial charge in [-0.1, -0.05) is 0 Å². The Hall–Kier alpha value is -1.57. The molecule has 7 heteroatoms. The van der Waals surface area contributed by atoms with Crippen molar-refractivity contribution in [2.45, 2.75) is 37.3 Å². The number of rotatable bonds is 2. The Bertz CT molecular complexity index is 583. The minimum Gasteiger partial charge on any atom is -0.379 e. The van der Waals surface area contributed by atoms with E-state index in [9.17, 15) is 4.79 Å². The molecule has 136 valence electrons. The van der Waals surface area contributed by atoms with Gasteiger partial charge in [-0.2, -0.15) is 0 Å². The maximum absolute atomic E-state index is 12.5. The summed E-state index contributed by atoms with van der Waals surface area (Å²) < 4.78 is 11.7.